The van der Waals surface area contributed by atoms with Gasteiger partial charge in [-0.25, -0.2) is 9.37 Å². The van der Waals surface area contributed by atoms with E-state index in [1.54, 1.807) is 17.7 Å². The molecule has 1 aromatic heterocycles. The fourth-order valence-electron chi connectivity index (χ4n) is 2.87. The van der Waals surface area contributed by atoms with Gasteiger partial charge in [0.05, 0.1) is 12.8 Å². The number of imidazole rings is 1. The second-order valence-corrected chi connectivity index (χ2v) is 6.38. The van der Waals surface area contributed by atoms with Crippen LogP contribution in [0, 0.1) is 5.82 Å². The van der Waals surface area contributed by atoms with Crippen LogP contribution in [0.2, 0.25) is 5.02 Å². The number of halogens is 2. The Morgan fingerprint density at radius 2 is 1.96 bits per heavy atom. The van der Waals surface area contributed by atoms with Crippen LogP contribution >= 0.6 is 11.6 Å². The smallest absolute Gasteiger partial charge is 0.200 e. The molecule has 0 fully saturated rings. The number of rotatable bonds is 5. The van der Waals surface area contributed by atoms with Crippen molar-refractivity contribution >= 4 is 17.5 Å². The lowest BCUT2D eigenvalue weighted by molar-refractivity contribution is 0.414. The average Bonchev–Trinajstić information content (AvgIpc) is 2.91. The van der Waals surface area contributed by atoms with Crippen molar-refractivity contribution in [3.05, 3.63) is 76.3 Å². The molecule has 0 aliphatic heterocycles. The monoisotopic (exact) mass is 359 g/mol. The van der Waals surface area contributed by atoms with Crippen LogP contribution in [0.5, 0.6) is 5.75 Å². The maximum atomic E-state index is 13.7. The summed E-state index contributed by atoms with van der Waals surface area (Å²) in [5.74, 6) is 0.784. The number of ether oxygens (including phenoxy) is 1. The van der Waals surface area contributed by atoms with Gasteiger partial charge in [-0.1, -0.05) is 23.7 Å². The molecule has 1 heterocycles. The highest BCUT2D eigenvalue weighted by atomic mass is 35.5. The summed E-state index contributed by atoms with van der Waals surface area (Å²) in [6.07, 6.45) is 2.45. The highest BCUT2D eigenvalue weighted by Crippen LogP contribution is 2.30. The third-order valence-electron chi connectivity index (χ3n) is 4.17. The van der Waals surface area contributed by atoms with E-state index in [1.165, 1.54) is 12.1 Å². The lowest BCUT2D eigenvalue weighted by Crippen LogP contribution is -2.06. The second kappa shape index (κ2) is 7.15. The van der Waals surface area contributed by atoms with E-state index in [1.807, 2.05) is 37.5 Å². The van der Waals surface area contributed by atoms with Crippen LogP contribution in [0.1, 0.15) is 22.7 Å². The Bertz CT molecular complexity index is 837. The number of hydrogen-bond donors (Lipinski definition) is 1. The van der Waals surface area contributed by atoms with Crippen molar-refractivity contribution in [3.8, 4) is 5.75 Å². The summed E-state index contributed by atoms with van der Waals surface area (Å²) >= 11 is 6.00. The first kappa shape index (κ1) is 17.3. The molecule has 1 unspecified atom stereocenters. The Labute approximate surface area is 151 Å². The van der Waals surface area contributed by atoms with Gasteiger partial charge in [-0.05, 0) is 47.9 Å². The molecule has 2 N–H and O–H groups in total. The summed E-state index contributed by atoms with van der Waals surface area (Å²) in [6.45, 7) is 0. The predicted molar refractivity (Wildman–Crippen MR) is 97.6 cm³/mol. The van der Waals surface area contributed by atoms with Gasteiger partial charge in [0, 0.05) is 24.2 Å². The number of aromatic nitrogens is 2. The molecule has 0 saturated heterocycles. The zero-order valence-electron chi connectivity index (χ0n) is 14.0. The third kappa shape index (κ3) is 3.94. The fraction of sp³-hybridized carbons (Fsp3) is 0.211. The Hall–Kier alpha value is -2.53. The van der Waals surface area contributed by atoms with E-state index in [9.17, 15) is 4.39 Å². The van der Waals surface area contributed by atoms with Crippen LogP contribution < -0.4 is 10.5 Å². The van der Waals surface area contributed by atoms with Gasteiger partial charge in [0.1, 0.15) is 11.6 Å². The molecule has 1 atom stereocenters. The number of nitrogens with zero attached hydrogens (tertiary/aromatic N) is 2. The topological polar surface area (TPSA) is 53.1 Å². The minimum Gasteiger partial charge on any atom is -0.497 e. The SMILES string of the molecule is COc1ccc(C(Cc2cc(F)cc(Cl)c2)c2cn(C)c(N)n2)cc1. The first-order chi connectivity index (χ1) is 12.0. The van der Waals surface area contributed by atoms with E-state index in [-0.39, 0.29) is 11.7 Å². The van der Waals surface area contributed by atoms with E-state index in [4.69, 9.17) is 22.1 Å². The molecule has 3 rings (SSSR count). The molecule has 25 heavy (non-hydrogen) atoms. The number of benzene rings is 2. The molecule has 4 nitrogen and oxygen atoms in total. The quantitative estimate of drug-likeness (QED) is 0.743. The molecule has 3 aromatic rings. The van der Waals surface area contributed by atoms with Gasteiger partial charge in [0.15, 0.2) is 5.95 Å². The van der Waals surface area contributed by atoms with E-state index < -0.39 is 0 Å². The van der Waals surface area contributed by atoms with Crippen molar-refractivity contribution < 1.29 is 9.13 Å². The second-order valence-electron chi connectivity index (χ2n) is 5.94. The maximum absolute atomic E-state index is 13.7. The minimum atomic E-state index is -0.350. The first-order valence-electron chi connectivity index (χ1n) is 7.84. The van der Waals surface area contributed by atoms with Crippen molar-refractivity contribution in [1.29, 1.82) is 0 Å². The Morgan fingerprint density at radius 3 is 2.52 bits per heavy atom. The number of hydrogen-bond acceptors (Lipinski definition) is 3. The first-order valence-corrected chi connectivity index (χ1v) is 8.21. The molecule has 0 saturated carbocycles. The Balaban J connectivity index is 2.01. The van der Waals surface area contributed by atoms with E-state index >= 15 is 0 Å². The van der Waals surface area contributed by atoms with Crippen molar-refractivity contribution in [2.75, 3.05) is 12.8 Å². The number of anilines is 1. The Kier molecular flexibility index (Phi) is 4.95. The van der Waals surface area contributed by atoms with Crippen molar-refractivity contribution in [2.24, 2.45) is 7.05 Å². The van der Waals surface area contributed by atoms with Crippen LogP contribution in [0.3, 0.4) is 0 Å². The molecule has 0 aliphatic carbocycles. The lowest BCUT2D eigenvalue weighted by atomic mass is 9.89. The molecule has 0 bridgehead atoms. The van der Waals surface area contributed by atoms with E-state index in [2.05, 4.69) is 4.98 Å². The summed E-state index contributed by atoms with van der Waals surface area (Å²) in [7, 11) is 3.47. The number of nitrogens with two attached hydrogens (primary N) is 1. The van der Waals surface area contributed by atoms with Gasteiger partial charge in [0.2, 0.25) is 0 Å². The molecule has 2 aromatic carbocycles. The normalized spacial score (nSPS) is 12.2. The average molecular weight is 360 g/mol. The highest BCUT2D eigenvalue weighted by Gasteiger charge is 2.19. The molecule has 0 radical (unpaired) electrons. The molecular formula is C19H19ClFN3O. The molecule has 0 aliphatic rings. The van der Waals surface area contributed by atoms with Gasteiger partial charge in [-0.2, -0.15) is 0 Å². The molecule has 0 amide bonds. The van der Waals surface area contributed by atoms with Crippen molar-refractivity contribution in [1.82, 2.24) is 9.55 Å². The molecule has 6 heteroatoms. The number of methoxy groups -OCH3 is 1. The predicted octanol–water partition coefficient (Wildman–Crippen LogP) is 4.18. The highest BCUT2D eigenvalue weighted by molar-refractivity contribution is 6.30. The number of aryl methyl sites for hydroxylation is 1. The minimum absolute atomic E-state index is 0.0766. The third-order valence-corrected chi connectivity index (χ3v) is 4.39. The van der Waals surface area contributed by atoms with Gasteiger partial charge >= 0.3 is 0 Å². The van der Waals surface area contributed by atoms with E-state index in [0.717, 1.165) is 22.6 Å². The number of nitrogen functional groups attached to an aromatic ring is 1. The van der Waals surface area contributed by atoms with Crippen LogP contribution in [0.25, 0.3) is 0 Å². The van der Waals surface area contributed by atoms with Crippen LogP contribution in [-0.2, 0) is 13.5 Å². The zero-order valence-corrected chi connectivity index (χ0v) is 14.8. The summed E-state index contributed by atoms with van der Waals surface area (Å²) < 4.78 is 20.7. The maximum Gasteiger partial charge on any atom is 0.200 e. The largest absolute Gasteiger partial charge is 0.497 e. The van der Waals surface area contributed by atoms with Gasteiger partial charge in [0.25, 0.3) is 0 Å². The zero-order chi connectivity index (χ0) is 18.0. The van der Waals surface area contributed by atoms with Crippen LogP contribution in [0.4, 0.5) is 10.3 Å². The Morgan fingerprint density at radius 1 is 1.24 bits per heavy atom. The van der Waals surface area contributed by atoms with Gasteiger partial charge in [-0.3, -0.25) is 0 Å². The van der Waals surface area contributed by atoms with Gasteiger partial charge in [-0.15, -0.1) is 0 Å². The lowest BCUT2D eigenvalue weighted by Gasteiger charge is -2.16. The summed E-state index contributed by atoms with van der Waals surface area (Å²) in [4.78, 5) is 4.45. The molecule has 0 spiro atoms. The standard InChI is InChI=1S/C19H19ClFN3O/c1-24-11-18(23-19(24)22)17(13-3-5-16(25-2)6-4-13)9-12-7-14(20)10-15(21)8-12/h3-8,10-11,17H,9H2,1-2H3,(H2,22,23). The van der Waals surface area contributed by atoms with Crippen LogP contribution in [0.15, 0.2) is 48.7 Å². The van der Waals surface area contributed by atoms with Crippen molar-refractivity contribution in [2.45, 2.75) is 12.3 Å². The molecular weight excluding hydrogens is 341 g/mol. The molecule has 130 valence electrons. The summed E-state index contributed by atoms with van der Waals surface area (Å²) in [6, 6.07) is 12.3. The van der Waals surface area contributed by atoms with Crippen molar-refractivity contribution in [3.63, 3.8) is 0 Å². The van der Waals surface area contributed by atoms with Crippen LogP contribution in [-0.4, -0.2) is 16.7 Å². The fourth-order valence-corrected chi connectivity index (χ4v) is 3.11. The summed E-state index contributed by atoms with van der Waals surface area (Å²) in [5, 5.41) is 0.379. The van der Waals surface area contributed by atoms with Gasteiger partial charge < -0.3 is 15.0 Å². The summed E-state index contributed by atoms with van der Waals surface area (Å²) in [5.41, 5.74) is 8.56. The van der Waals surface area contributed by atoms with E-state index in [0.29, 0.717) is 17.4 Å².